The molecular formula is C29H26FN3O4S. The monoisotopic (exact) mass is 531 g/mol. The van der Waals surface area contributed by atoms with Gasteiger partial charge >= 0.3 is 0 Å². The summed E-state index contributed by atoms with van der Waals surface area (Å²) in [5.41, 5.74) is 3.87. The Morgan fingerprint density at radius 2 is 1.82 bits per heavy atom. The number of fused-ring (bicyclic) bond motifs is 1. The van der Waals surface area contributed by atoms with E-state index in [4.69, 9.17) is 9.47 Å². The van der Waals surface area contributed by atoms with Gasteiger partial charge in [0.25, 0.3) is 5.91 Å². The van der Waals surface area contributed by atoms with Crippen molar-refractivity contribution in [2.75, 3.05) is 19.0 Å². The van der Waals surface area contributed by atoms with Gasteiger partial charge in [-0.3, -0.25) is 9.59 Å². The molecule has 1 aromatic heterocycles. The number of benzene rings is 3. The second-order valence-corrected chi connectivity index (χ2v) is 9.82. The maximum atomic E-state index is 13.6. The zero-order chi connectivity index (χ0) is 26.6. The van der Waals surface area contributed by atoms with Crippen LogP contribution in [0.2, 0.25) is 0 Å². The number of nitrogens with one attached hydrogen (secondary N) is 1. The number of thiazole rings is 1. The van der Waals surface area contributed by atoms with Crippen LogP contribution in [0, 0.1) is 5.82 Å². The number of aromatic nitrogens is 1. The van der Waals surface area contributed by atoms with Crippen LogP contribution in [0.3, 0.4) is 0 Å². The van der Waals surface area contributed by atoms with Crippen LogP contribution in [0.4, 0.5) is 10.1 Å². The van der Waals surface area contributed by atoms with Crippen molar-refractivity contribution in [3.63, 3.8) is 0 Å². The van der Waals surface area contributed by atoms with E-state index in [1.165, 1.54) is 23.5 Å². The molecule has 0 bridgehead atoms. The van der Waals surface area contributed by atoms with Gasteiger partial charge in [-0.2, -0.15) is 0 Å². The molecule has 0 unspecified atom stereocenters. The van der Waals surface area contributed by atoms with E-state index >= 15 is 0 Å². The largest absolute Gasteiger partial charge is 0.497 e. The van der Waals surface area contributed by atoms with Gasteiger partial charge in [0.2, 0.25) is 5.91 Å². The van der Waals surface area contributed by atoms with Crippen molar-refractivity contribution < 1.29 is 23.5 Å². The van der Waals surface area contributed by atoms with E-state index in [-0.39, 0.29) is 30.3 Å². The number of carbonyl (C=O) groups excluding carboxylic acids is 2. The predicted molar refractivity (Wildman–Crippen MR) is 143 cm³/mol. The zero-order valence-corrected chi connectivity index (χ0v) is 21.8. The van der Waals surface area contributed by atoms with Gasteiger partial charge in [0.05, 0.1) is 13.2 Å². The van der Waals surface area contributed by atoms with Crippen molar-refractivity contribution >= 4 is 28.8 Å². The minimum atomic E-state index is -0.325. The van der Waals surface area contributed by atoms with Gasteiger partial charge in [0.15, 0.2) is 0 Å². The topological polar surface area (TPSA) is 80.8 Å². The SMILES string of the molecule is COc1ccc(NC(=O)c2csc(COc3ccc4c(c3)[C@@H](c3ccc(F)cc3)N(C(C)=O)CC4)n2)cc1. The highest BCUT2D eigenvalue weighted by Crippen LogP contribution is 2.37. The second-order valence-electron chi connectivity index (χ2n) is 8.87. The summed E-state index contributed by atoms with van der Waals surface area (Å²) in [6, 6.07) is 18.8. The number of ether oxygens (including phenoxy) is 2. The van der Waals surface area contributed by atoms with Gasteiger partial charge in [-0.1, -0.05) is 18.2 Å². The molecule has 0 fully saturated rings. The lowest BCUT2D eigenvalue weighted by molar-refractivity contribution is -0.130. The average Bonchev–Trinajstić information content (AvgIpc) is 3.41. The first-order valence-electron chi connectivity index (χ1n) is 12.1. The van der Waals surface area contributed by atoms with Gasteiger partial charge in [0, 0.05) is 24.5 Å². The maximum absolute atomic E-state index is 13.6. The molecule has 3 aromatic carbocycles. The third-order valence-corrected chi connectivity index (χ3v) is 7.25. The fourth-order valence-electron chi connectivity index (χ4n) is 4.52. The molecule has 0 spiro atoms. The molecule has 194 valence electrons. The summed E-state index contributed by atoms with van der Waals surface area (Å²) in [6.07, 6.45) is 0.728. The number of methoxy groups -OCH3 is 1. The molecule has 5 rings (SSSR count). The Bertz CT molecular complexity index is 1450. The van der Waals surface area contributed by atoms with Crippen molar-refractivity contribution in [2.45, 2.75) is 26.0 Å². The summed E-state index contributed by atoms with van der Waals surface area (Å²) in [6.45, 7) is 2.33. The van der Waals surface area contributed by atoms with E-state index in [9.17, 15) is 14.0 Å². The smallest absolute Gasteiger partial charge is 0.275 e. The normalized spacial score (nSPS) is 14.5. The number of nitrogens with zero attached hydrogens (tertiary/aromatic N) is 2. The first-order chi connectivity index (χ1) is 18.4. The van der Waals surface area contributed by atoms with Crippen molar-refractivity contribution in [2.24, 2.45) is 0 Å². The molecule has 0 saturated heterocycles. The Hall–Kier alpha value is -4.24. The van der Waals surface area contributed by atoms with Crippen molar-refractivity contribution in [1.82, 2.24) is 9.88 Å². The Labute approximate surface area is 223 Å². The molecule has 9 heteroatoms. The number of halogens is 1. The van der Waals surface area contributed by atoms with E-state index in [0.29, 0.717) is 34.4 Å². The highest BCUT2D eigenvalue weighted by atomic mass is 32.1. The summed E-state index contributed by atoms with van der Waals surface area (Å²) in [7, 11) is 1.58. The van der Waals surface area contributed by atoms with Gasteiger partial charge in [0.1, 0.15) is 34.6 Å². The van der Waals surface area contributed by atoms with E-state index in [2.05, 4.69) is 10.3 Å². The van der Waals surface area contributed by atoms with Crippen LogP contribution >= 0.6 is 11.3 Å². The van der Waals surface area contributed by atoms with Crippen LogP contribution < -0.4 is 14.8 Å². The lowest BCUT2D eigenvalue weighted by Gasteiger charge is -2.37. The van der Waals surface area contributed by atoms with Gasteiger partial charge in [-0.15, -0.1) is 11.3 Å². The standard InChI is InChI=1S/C29H26FN3O4S/c1-18(34)33-14-13-19-5-10-24(15-25(19)28(33)20-3-6-21(30)7-4-20)37-16-27-32-26(17-38-27)29(35)31-22-8-11-23(36-2)12-9-22/h3-12,15,17,28H,13-14,16H2,1-2H3,(H,31,35)/t28-/m1/s1. The molecule has 1 N–H and O–H groups in total. The Morgan fingerprint density at radius 1 is 1.08 bits per heavy atom. The number of hydrogen-bond acceptors (Lipinski definition) is 6. The van der Waals surface area contributed by atoms with Crippen LogP contribution in [0.15, 0.2) is 72.1 Å². The molecule has 1 aliphatic heterocycles. The third-order valence-electron chi connectivity index (χ3n) is 6.43. The quantitative estimate of drug-likeness (QED) is 0.335. The van der Waals surface area contributed by atoms with Crippen LogP contribution in [-0.2, 0) is 17.8 Å². The molecule has 1 aliphatic rings. The van der Waals surface area contributed by atoms with Gasteiger partial charge < -0.3 is 19.7 Å². The van der Waals surface area contributed by atoms with E-state index in [1.54, 1.807) is 60.7 Å². The lowest BCUT2D eigenvalue weighted by Crippen LogP contribution is -2.39. The highest BCUT2D eigenvalue weighted by molar-refractivity contribution is 7.09. The van der Waals surface area contributed by atoms with Gasteiger partial charge in [-0.25, -0.2) is 9.37 Å². The number of anilines is 1. The molecule has 0 radical (unpaired) electrons. The molecule has 0 saturated carbocycles. The molecule has 4 aromatic rings. The van der Waals surface area contributed by atoms with E-state index < -0.39 is 0 Å². The Balaban J connectivity index is 1.30. The first-order valence-corrected chi connectivity index (χ1v) is 13.0. The van der Waals surface area contributed by atoms with Crippen LogP contribution in [0.5, 0.6) is 11.5 Å². The second kappa shape index (κ2) is 11.0. The number of carbonyl (C=O) groups is 2. The molecule has 0 aliphatic carbocycles. The molecular weight excluding hydrogens is 505 g/mol. The molecule has 2 amide bonds. The summed E-state index contributed by atoms with van der Waals surface area (Å²) in [5.74, 6) is 0.658. The first kappa shape index (κ1) is 25.4. The van der Waals surface area contributed by atoms with E-state index in [1.807, 2.05) is 18.2 Å². The highest BCUT2D eigenvalue weighted by Gasteiger charge is 2.31. The van der Waals surface area contributed by atoms with Crippen molar-refractivity contribution in [3.05, 3.63) is 105 Å². The van der Waals surface area contributed by atoms with Crippen LogP contribution in [0.1, 0.15) is 45.2 Å². The molecule has 38 heavy (non-hydrogen) atoms. The van der Waals surface area contributed by atoms with Crippen LogP contribution in [0.25, 0.3) is 0 Å². The fraction of sp³-hybridized carbons (Fsp3) is 0.207. The zero-order valence-electron chi connectivity index (χ0n) is 20.9. The minimum absolute atomic E-state index is 0.0421. The molecule has 2 heterocycles. The molecule has 1 atom stereocenters. The lowest BCUT2D eigenvalue weighted by atomic mass is 9.88. The molecule has 7 nitrogen and oxygen atoms in total. The summed E-state index contributed by atoms with van der Waals surface area (Å²) in [5, 5.41) is 5.17. The number of hydrogen-bond donors (Lipinski definition) is 1. The minimum Gasteiger partial charge on any atom is -0.497 e. The van der Waals surface area contributed by atoms with Gasteiger partial charge in [-0.05, 0) is 71.6 Å². The number of rotatable bonds is 7. The van der Waals surface area contributed by atoms with Crippen molar-refractivity contribution in [1.29, 1.82) is 0 Å². The maximum Gasteiger partial charge on any atom is 0.275 e. The number of amides is 2. The van der Waals surface area contributed by atoms with E-state index in [0.717, 1.165) is 23.1 Å². The summed E-state index contributed by atoms with van der Waals surface area (Å²) in [4.78, 5) is 31.2. The van der Waals surface area contributed by atoms with Crippen LogP contribution in [-0.4, -0.2) is 35.4 Å². The third kappa shape index (κ3) is 5.52. The Morgan fingerprint density at radius 3 is 2.53 bits per heavy atom. The Kier molecular flexibility index (Phi) is 7.37. The average molecular weight is 532 g/mol. The summed E-state index contributed by atoms with van der Waals surface area (Å²) >= 11 is 1.34. The van der Waals surface area contributed by atoms with Crippen molar-refractivity contribution in [3.8, 4) is 11.5 Å². The predicted octanol–water partition coefficient (Wildman–Crippen LogP) is 5.62. The fourth-order valence-corrected chi connectivity index (χ4v) is 5.21. The summed E-state index contributed by atoms with van der Waals surface area (Å²) < 4.78 is 24.8.